The normalized spacial score (nSPS) is 21.6. The molecule has 0 unspecified atom stereocenters. The molecular weight excluding hydrogens is 343 g/mol. The van der Waals surface area contributed by atoms with Crippen molar-refractivity contribution in [2.24, 2.45) is 0 Å². The van der Waals surface area contributed by atoms with Crippen LogP contribution >= 0.6 is 0 Å². The fraction of sp³-hybridized carbons (Fsp3) is 0.333. The topological polar surface area (TPSA) is 88.4 Å². The number of aromatic nitrogens is 2. The molecule has 0 saturated heterocycles. The van der Waals surface area contributed by atoms with E-state index >= 15 is 0 Å². The van der Waals surface area contributed by atoms with Crippen molar-refractivity contribution in [3.8, 4) is 11.5 Å². The van der Waals surface area contributed by atoms with Gasteiger partial charge in [-0.2, -0.15) is 18.3 Å². The van der Waals surface area contributed by atoms with E-state index in [2.05, 4.69) is 10.4 Å². The maximum Gasteiger partial charge on any atom is 0.410 e. The lowest BCUT2D eigenvalue weighted by atomic mass is 9.96. The fourth-order valence-electron chi connectivity index (χ4n) is 3.06. The molecule has 132 valence electrons. The summed E-state index contributed by atoms with van der Waals surface area (Å²) in [5, 5.41) is 17.6. The zero-order valence-corrected chi connectivity index (χ0v) is 12.5. The first-order valence-electron chi connectivity index (χ1n) is 7.36. The van der Waals surface area contributed by atoms with Crippen LogP contribution in [0.2, 0.25) is 0 Å². The smallest absolute Gasteiger partial charge is 0.410 e. The molecule has 2 aromatic rings. The highest BCUT2D eigenvalue weighted by atomic mass is 19.4. The Morgan fingerprint density at radius 3 is 2.80 bits per heavy atom. The molecule has 0 saturated carbocycles. The number of halogens is 3. The Bertz CT molecular complexity index is 849. The Kier molecular flexibility index (Phi) is 3.31. The first-order chi connectivity index (χ1) is 11.8. The predicted molar refractivity (Wildman–Crippen MR) is 75.2 cm³/mol. The van der Waals surface area contributed by atoms with Crippen LogP contribution in [-0.4, -0.2) is 28.7 Å². The van der Waals surface area contributed by atoms with Crippen LogP contribution in [-0.2, 0) is 0 Å². The molecule has 2 atom stereocenters. The van der Waals surface area contributed by atoms with Crippen molar-refractivity contribution >= 4 is 11.8 Å². The number of carboxylic acid groups (broad SMARTS) is 1. The van der Waals surface area contributed by atoms with Gasteiger partial charge in [0.25, 0.3) is 0 Å². The van der Waals surface area contributed by atoms with E-state index in [4.69, 9.17) is 9.47 Å². The first-order valence-corrected chi connectivity index (χ1v) is 7.36. The van der Waals surface area contributed by atoms with Gasteiger partial charge in [-0.15, -0.1) is 0 Å². The summed E-state index contributed by atoms with van der Waals surface area (Å²) in [5.41, 5.74) is 0.106. The number of carbonyl (C=O) groups is 1. The molecule has 0 bridgehead atoms. The molecule has 0 fully saturated rings. The van der Waals surface area contributed by atoms with Gasteiger partial charge in [0, 0.05) is 6.42 Å². The van der Waals surface area contributed by atoms with Crippen molar-refractivity contribution in [2.75, 3.05) is 12.1 Å². The highest BCUT2D eigenvalue weighted by Crippen LogP contribution is 2.45. The highest BCUT2D eigenvalue weighted by Gasteiger charge is 2.47. The third-order valence-corrected chi connectivity index (χ3v) is 4.26. The quantitative estimate of drug-likeness (QED) is 0.882. The largest absolute Gasteiger partial charge is 0.545 e. The SMILES string of the molecule is O=C([O-])c1cnn2c1N[C@@H](c1ccc3c(c1)OCO3)C[C@@H]2C(F)(F)F. The molecule has 25 heavy (non-hydrogen) atoms. The van der Waals surface area contributed by atoms with Crippen LogP contribution in [0.3, 0.4) is 0 Å². The zero-order chi connectivity index (χ0) is 17.8. The third kappa shape index (κ3) is 2.53. The second-order valence-corrected chi connectivity index (χ2v) is 5.74. The summed E-state index contributed by atoms with van der Waals surface area (Å²) in [6.45, 7) is 0.0453. The second kappa shape index (κ2) is 5.30. The number of fused-ring (bicyclic) bond motifs is 2. The zero-order valence-electron chi connectivity index (χ0n) is 12.5. The van der Waals surface area contributed by atoms with Gasteiger partial charge in [-0.1, -0.05) is 6.07 Å². The number of nitrogens with zero attached hydrogens (tertiary/aromatic N) is 2. The van der Waals surface area contributed by atoms with Crippen molar-refractivity contribution in [3.05, 3.63) is 35.5 Å². The standard InChI is InChI=1S/C15H12F3N3O4/c16-15(17,18)12-4-9(7-1-2-10-11(3-7)25-6-24-10)20-13-8(14(22)23)5-19-21(12)13/h1-3,5,9,12,20H,4,6H2,(H,22,23)/p-1/t9-,12-/m1/s1. The molecule has 1 N–H and O–H groups in total. The van der Waals surface area contributed by atoms with Crippen LogP contribution in [0, 0.1) is 0 Å². The summed E-state index contributed by atoms with van der Waals surface area (Å²) < 4.78 is 51.4. The number of aromatic carboxylic acids is 1. The Morgan fingerprint density at radius 2 is 2.08 bits per heavy atom. The van der Waals surface area contributed by atoms with Crippen LogP contribution in [0.15, 0.2) is 24.4 Å². The van der Waals surface area contributed by atoms with Gasteiger partial charge in [0.2, 0.25) is 6.79 Å². The van der Waals surface area contributed by atoms with Gasteiger partial charge in [-0.25, -0.2) is 4.68 Å². The molecule has 2 aliphatic rings. The summed E-state index contributed by atoms with van der Waals surface area (Å²) in [6.07, 6.45) is -4.07. The molecule has 0 amide bonds. The number of hydrogen-bond acceptors (Lipinski definition) is 6. The lowest BCUT2D eigenvalue weighted by molar-refractivity contribution is -0.255. The summed E-state index contributed by atoms with van der Waals surface area (Å²) >= 11 is 0. The Labute approximate surface area is 139 Å². The van der Waals surface area contributed by atoms with Crippen molar-refractivity contribution < 1.29 is 32.5 Å². The van der Waals surface area contributed by atoms with Gasteiger partial charge in [0.05, 0.1) is 23.8 Å². The van der Waals surface area contributed by atoms with E-state index in [1.807, 2.05) is 0 Å². The minimum absolute atomic E-state index is 0.0453. The number of carbonyl (C=O) groups excluding carboxylic acids is 1. The number of nitrogens with one attached hydrogen (secondary N) is 1. The maximum atomic E-state index is 13.4. The number of alkyl halides is 3. The van der Waals surface area contributed by atoms with Crippen molar-refractivity contribution in [3.63, 3.8) is 0 Å². The van der Waals surface area contributed by atoms with Gasteiger partial charge in [0.1, 0.15) is 5.82 Å². The predicted octanol–water partition coefficient (Wildman–Crippen LogP) is 1.64. The van der Waals surface area contributed by atoms with E-state index in [-0.39, 0.29) is 19.0 Å². The van der Waals surface area contributed by atoms with Crippen molar-refractivity contribution in [2.45, 2.75) is 24.7 Å². The summed E-state index contributed by atoms with van der Waals surface area (Å²) in [6, 6.07) is 2.07. The van der Waals surface area contributed by atoms with E-state index in [0.29, 0.717) is 21.7 Å². The van der Waals surface area contributed by atoms with E-state index in [1.54, 1.807) is 18.2 Å². The number of rotatable bonds is 2. The lowest BCUT2D eigenvalue weighted by Gasteiger charge is -2.34. The molecule has 10 heteroatoms. The number of anilines is 1. The summed E-state index contributed by atoms with van der Waals surface area (Å²) in [7, 11) is 0. The van der Waals surface area contributed by atoms with Gasteiger partial charge in [0.15, 0.2) is 17.5 Å². The van der Waals surface area contributed by atoms with E-state index in [9.17, 15) is 23.1 Å². The molecule has 3 heterocycles. The third-order valence-electron chi connectivity index (χ3n) is 4.26. The highest BCUT2D eigenvalue weighted by molar-refractivity contribution is 5.91. The molecule has 1 aromatic carbocycles. The molecule has 1 aromatic heterocycles. The molecular formula is C15H11F3N3O4-. The van der Waals surface area contributed by atoms with Crippen molar-refractivity contribution in [1.29, 1.82) is 0 Å². The van der Waals surface area contributed by atoms with Crippen LogP contribution in [0.4, 0.5) is 19.0 Å². The molecule has 2 aliphatic heterocycles. The number of hydrogen-bond donors (Lipinski definition) is 1. The number of benzene rings is 1. The van der Waals surface area contributed by atoms with Crippen LogP contribution in [0.25, 0.3) is 0 Å². The van der Waals surface area contributed by atoms with Crippen LogP contribution < -0.4 is 19.9 Å². The fourth-order valence-corrected chi connectivity index (χ4v) is 3.06. The maximum absolute atomic E-state index is 13.4. The van der Waals surface area contributed by atoms with E-state index in [0.717, 1.165) is 6.20 Å². The van der Waals surface area contributed by atoms with Crippen molar-refractivity contribution in [1.82, 2.24) is 9.78 Å². The van der Waals surface area contributed by atoms with Gasteiger partial charge in [-0.3, -0.25) is 0 Å². The molecule has 0 aliphatic carbocycles. The second-order valence-electron chi connectivity index (χ2n) is 5.74. The van der Waals surface area contributed by atoms with Gasteiger partial charge >= 0.3 is 6.18 Å². The lowest BCUT2D eigenvalue weighted by Crippen LogP contribution is -2.36. The Hall–Kier alpha value is -2.91. The number of carboxylic acids is 1. The Balaban J connectivity index is 1.76. The number of ether oxygens (including phenoxy) is 2. The first kappa shape index (κ1) is 15.6. The molecule has 0 spiro atoms. The van der Waals surface area contributed by atoms with Gasteiger partial charge in [-0.05, 0) is 17.7 Å². The molecule has 0 radical (unpaired) electrons. The minimum atomic E-state index is -4.58. The average Bonchev–Trinajstić information content (AvgIpc) is 3.18. The Morgan fingerprint density at radius 1 is 1.32 bits per heavy atom. The van der Waals surface area contributed by atoms with Crippen LogP contribution in [0.5, 0.6) is 11.5 Å². The molecule has 4 rings (SSSR count). The molecule has 7 nitrogen and oxygen atoms in total. The van der Waals surface area contributed by atoms with E-state index < -0.39 is 29.8 Å². The summed E-state index contributed by atoms with van der Waals surface area (Å²) in [4.78, 5) is 11.2. The monoisotopic (exact) mass is 354 g/mol. The van der Waals surface area contributed by atoms with E-state index in [1.165, 1.54) is 0 Å². The summed E-state index contributed by atoms with van der Waals surface area (Å²) in [5.74, 6) is -0.883. The van der Waals surface area contributed by atoms with Gasteiger partial charge < -0.3 is 24.7 Å². The van der Waals surface area contributed by atoms with Crippen LogP contribution in [0.1, 0.15) is 34.4 Å². The minimum Gasteiger partial charge on any atom is -0.545 e. The average molecular weight is 354 g/mol.